The summed E-state index contributed by atoms with van der Waals surface area (Å²) in [6.45, 7) is 0. The second-order valence-corrected chi connectivity index (χ2v) is 3.87. The topological polar surface area (TPSA) is 36.7 Å². The highest BCUT2D eigenvalue weighted by atomic mass is 35.5. The smallest absolute Gasteiger partial charge is 0.138 e. The van der Waals surface area contributed by atoms with E-state index in [1.165, 1.54) is 0 Å². The van der Waals surface area contributed by atoms with Gasteiger partial charge in [0.1, 0.15) is 10.3 Å². The second-order valence-electron chi connectivity index (χ2n) is 3.13. The maximum absolute atomic E-state index is 8.59. The van der Waals surface area contributed by atoms with Crippen LogP contribution in [0.25, 0.3) is 10.8 Å². The van der Waals surface area contributed by atoms with E-state index in [4.69, 9.17) is 28.5 Å². The Bertz CT molecular complexity index is 558. The van der Waals surface area contributed by atoms with Crippen molar-refractivity contribution in [3.05, 3.63) is 40.1 Å². The quantitative estimate of drug-likeness (QED) is 0.710. The zero-order chi connectivity index (χ0) is 10.8. The lowest BCUT2D eigenvalue weighted by Crippen LogP contribution is -1.85. The van der Waals surface area contributed by atoms with Crippen molar-refractivity contribution in [2.24, 2.45) is 0 Å². The number of halogens is 2. The summed E-state index contributed by atoms with van der Waals surface area (Å²) in [6.07, 6.45) is 0.382. The molecule has 1 aromatic heterocycles. The van der Waals surface area contributed by atoms with Gasteiger partial charge in [-0.05, 0) is 23.1 Å². The average molecular weight is 237 g/mol. The van der Waals surface area contributed by atoms with Gasteiger partial charge in [-0.3, -0.25) is 0 Å². The minimum absolute atomic E-state index is 0.363. The fourth-order valence-corrected chi connectivity index (χ4v) is 1.94. The van der Waals surface area contributed by atoms with Gasteiger partial charge in [-0.15, -0.1) is 0 Å². The molecule has 74 valence electrons. The first kappa shape index (κ1) is 10.2. The fourth-order valence-electron chi connectivity index (χ4n) is 1.44. The molecule has 0 saturated carbocycles. The third kappa shape index (κ3) is 2.04. The molecule has 0 bridgehead atoms. The van der Waals surface area contributed by atoms with Crippen molar-refractivity contribution in [1.29, 1.82) is 5.26 Å². The van der Waals surface area contributed by atoms with E-state index >= 15 is 0 Å². The first-order valence-electron chi connectivity index (χ1n) is 4.32. The molecule has 1 aromatic carbocycles. The van der Waals surface area contributed by atoms with Crippen molar-refractivity contribution < 1.29 is 0 Å². The lowest BCUT2D eigenvalue weighted by atomic mass is 10.1. The maximum atomic E-state index is 8.59. The van der Waals surface area contributed by atoms with Crippen molar-refractivity contribution in [3.8, 4) is 6.07 Å². The molecule has 0 aliphatic carbocycles. The van der Waals surface area contributed by atoms with Crippen LogP contribution < -0.4 is 0 Å². The molecule has 0 fully saturated rings. The number of nitrogens with zero attached hydrogens (tertiary/aromatic N) is 2. The Morgan fingerprint density at radius 2 is 2.07 bits per heavy atom. The molecule has 2 aromatic rings. The Morgan fingerprint density at radius 1 is 1.27 bits per heavy atom. The van der Waals surface area contributed by atoms with Crippen molar-refractivity contribution in [1.82, 2.24) is 4.98 Å². The maximum Gasteiger partial charge on any atom is 0.138 e. The summed E-state index contributed by atoms with van der Waals surface area (Å²) in [6, 6.07) is 9.46. The van der Waals surface area contributed by atoms with E-state index < -0.39 is 0 Å². The van der Waals surface area contributed by atoms with E-state index in [0.717, 1.165) is 16.3 Å². The Balaban J connectivity index is 2.66. The summed E-state index contributed by atoms with van der Waals surface area (Å²) < 4.78 is 0. The monoisotopic (exact) mass is 236 g/mol. The third-order valence-corrected chi connectivity index (χ3v) is 2.58. The zero-order valence-corrected chi connectivity index (χ0v) is 9.18. The van der Waals surface area contributed by atoms with E-state index in [0.29, 0.717) is 16.7 Å². The highest BCUT2D eigenvalue weighted by Gasteiger charge is 2.03. The highest BCUT2D eigenvalue weighted by Crippen LogP contribution is 2.25. The van der Waals surface area contributed by atoms with Gasteiger partial charge in [0.05, 0.1) is 12.5 Å². The third-order valence-electron chi connectivity index (χ3n) is 2.10. The molecule has 0 atom stereocenters. The predicted octanol–water partition coefficient (Wildman–Crippen LogP) is 3.61. The second kappa shape index (κ2) is 4.06. The molecule has 15 heavy (non-hydrogen) atoms. The molecular weight excluding hydrogens is 231 g/mol. The van der Waals surface area contributed by atoms with Crippen molar-refractivity contribution in [2.75, 3.05) is 0 Å². The average Bonchev–Trinajstić information content (AvgIpc) is 2.17. The van der Waals surface area contributed by atoms with Gasteiger partial charge in [-0.2, -0.15) is 5.26 Å². The summed E-state index contributed by atoms with van der Waals surface area (Å²) in [4.78, 5) is 3.94. The summed E-state index contributed by atoms with van der Waals surface area (Å²) >= 11 is 11.7. The number of hydrogen-bond donors (Lipinski definition) is 0. The van der Waals surface area contributed by atoms with Gasteiger partial charge in [0.25, 0.3) is 0 Å². The minimum Gasteiger partial charge on any atom is -0.224 e. The molecular formula is C11H6Cl2N2. The molecule has 0 N–H and O–H groups in total. The van der Waals surface area contributed by atoms with Crippen molar-refractivity contribution in [3.63, 3.8) is 0 Å². The zero-order valence-electron chi connectivity index (χ0n) is 7.67. The van der Waals surface area contributed by atoms with Gasteiger partial charge in [0.15, 0.2) is 0 Å². The van der Waals surface area contributed by atoms with Crippen LogP contribution >= 0.6 is 23.2 Å². The first-order valence-corrected chi connectivity index (χ1v) is 5.08. The van der Waals surface area contributed by atoms with Crippen LogP contribution in [0.3, 0.4) is 0 Å². The molecule has 0 aliphatic rings. The van der Waals surface area contributed by atoms with Crippen molar-refractivity contribution in [2.45, 2.75) is 6.42 Å². The minimum atomic E-state index is 0.363. The molecule has 0 saturated heterocycles. The normalized spacial score (nSPS) is 10.2. The summed E-state index contributed by atoms with van der Waals surface area (Å²) in [5, 5.41) is 11.1. The molecule has 2 rings (SSSR count). The van der Waals surface area contributed by atoms with Crippen LogP contribution in [-0.4, -0.2) is 4.98 Å². The van der Waals surface area contributed by atoms with Crippen LogP contribution in [0.5, 0.6) is 0 Å². The lowest BCUT2D eigenvalue weighted by molar-refractivity contribution is 1.27. The van der Waals surface area contributed by atoms with Crippen LogP contribution in [0.4, 0.5) is 0 Å². The SMILES string of the molecule is N#CCc1ccc2c(Cl)nc(Cl)cc2c1. The molecule has 2 nitrogen and oxygen atoms in total. The Hall–Kier alpha value is -1.30. The van der Waals surface area contributed by atoms with Gasteiger partial charge >= 0.3 is 0 Å². The summed E-state index contributed by atoms with van der Waals surface area (Å²) in [5.41, 5.74) is 0.948. The molecule has 0 unspecified atom stereocenters. The summed E-state index contributed by atoms with van der Waals surface area (Å²) in [7, 11) is 0. The molecule has 0 amide bonds. The van der Waals surface area contributed by atoms with Gasteiger partial charge < -0.3 is 0 Å². The van der Waals surface area contributed by atoms with Crippen LogP contribution in [0.1, 0.15) is 5.56 Å². The molecule has 0 radical (unpaired) electrons. The van der Waals surface area contributed by atoms with Gasteiger partial charge in [-0.25, -0.2) is 4.98 Å². The number of aromatic nitrogens is 1. The lowest BCUT2D eigenvalue weighted by Gasteiger charge is -2.02. The summed E-state index contributed by atoms with van der Waals surface area (Å²) in [5.74, 6) is 0. The molecule has 0 aliphatic heterocycles. The number of pyridine rings is 1. The number of hydrogen-bond acceptors (Lipinski definition) is 2. The van der Waals surface area contributed by atoms with E-state index in [2.05, 4.69) is 11.1 Å². The van der Waals surface area contributed by atoms with Crippen LogP contribution in [-0.2, 0) is 6.42 Å². The van der Waals surface area contributed by atoms with Gasteiger partial charge in [0, 0.05) is 5.39 Å². The van der Waals surface area contributed by atoms with Gasteiger partial charge in [-0.1, -0.05) is 35.3 Å². The number of nitriles is 1. The standard InChI is InChI=1S/C11H6Cl2N2/c12-10-6-8-5-7(3-4-14)1-2-9(8)11(13)15-10/h1-2,5-6H,3H2. The van der Waals surface area contributed by atoms with Crippen LogP contribution in [0, 0.1) is 11.3 Å². The number of rotatable bonds is 1. The van der Waals surface area contributed by atoms with E-state index in [9.17, 15) is 0 Å². The highest BCUT2D eigenvalue weighted by molar-refractivity contribution is 6.36. The van der Waals surface area contributed by atoms with Crippen molar-refractivity contribution >= 4 is 34.0 Å². The van der Waals surface area contributed by atoms with Gasteiger partial charge in [0.2, 0.25) is 0 Å². The molecule has 0 spiro atoms. The predicted molar refractivity (Wildman–Crippen MR) is 61.1 cm³/mol. The van der Waals surface area contributed by atoms with Crippen LogP contribution in [0.2, 0.25) is 10.3 Å². The first-order chi connectivity index (χ1) is 7.20. The van der Waals surface area contributed by atoms with Crippen LogP contribution in [0.15, 0.2) is 24.3 Å². The Morgan fingerprint density at radius 3 is 2.80 bits per heavy atom. The van der Waals surface area contributed by atoms with E-state index in [1.807, 2.05) is 18.2 Å². The Kier molecular flexibility index (Phi) is 2.77. The molecule has 4 heteroatoms. The largest absolute Gasteiger partial charge is 0.224 e. The van der Waals surface area contributed by atoms with E-state index in [-0.39, 0.29) is 0 Å². The van der Waals surface area contributed by atoms with E-state index in [1.54, 1.807) is 6.07 Å². The number of benzene rings is 1. The Labute approximate surface area is 97.1 Å². The number of fused-ring (bicyclic) bond motifs is 1. The molecule has 1 heterocycles. The fraction of sp³-hybridized carbons (Fsp3) is 0.0909.